The molecule has 0 spiro atoms. The molecule has 3 aromatic heterocycles. The number of hydrogen-bond acceptors (Lipinski definition) is 6. The van der Waals surface area contributed by atoms with Gasteiger partial charge < -0.3 is 15.6 Å². The highest BCUT2D eigenvalue weighted by Gasteiger charge is 2.18. The Morgan fingerprint density at radius 2 is 2.21 bits per heavy atom. The second kappa shape index (κ2) is 8.31. The van der Waals surface area contributed by atoms with Crippen molar-refractivity contribution in [2.75, 3.05) is 17.6 Å². The average Bonchev–Trinajstić information content (AvgIpc) is 2.97. The number of pyridine rings is 1. The van der Waals surface area contributed by atoms with Crippen LogP contribution in [0.2, 0.25) is 5.02 Å². The van der Waals surface area contributed by atoms with Crippen LogP contribution in [0.5, 0.6) is 0 Å². The predicted octanol–water partition coefficient (Wildman–Crippen LogP) is 2.76. The number of aryl methyl sites for hydroxylation is 2. The van der Waals surface area contributed by atoms with Crippen LogP contribution < -0.4 is 16.6 Å². The second-order valence-electron chi connectivity index (χ2n) is 6.53. The summed E-state index contributed by atoms with van der Waals surface area (Å²) in [5, 5.41) is 17.2. The van der Waals surface area contributed by atoms with Crippen molar-refractivity contribution in [3.8, 4) is 6.07 Å². The number of rotatable bonds is 7. The fourth-order valence-electron chi connectivity index (χ4n) is 2.98. The summed E-state index contributed by atoms with van der Waals surface area (Å²) < 4.78 is 3.10. The van der Waals surface area contributed by atoms with E-state index < -0.39 is 0 Å². The lowest BCUT2D eigenvalue weighted by atomic mass is 10.2. The molecule has 0 fully saturated rings. The van der Waals surface area contributed by atoms with Gasteiger partial charge in [0.25, 0.3) is 5.56 Å². The first-order chi connectivity index (χ1) is 13.5. The van der Waals surface area contributed by atoms with E-state index in [1.807, 2.05) is 18.3 Å². The van der Waals surface area contributed by atoms with Crippen molar-refractivity contribution in [3.63, 3.8) is 0 Å². The van der Waals surface area contributed by atoms with Gasteiger partial charge in [0.15, 0.2) is 5.65 Å². The summed E-state index contributed by atoms with van der Waals surface area (Å²) >= 11 is 6.23. The Balaban J connectivity index is 1.82. The predicted molar refractivity (Wildman–Crippen MR) is 110 cm³/mol. The molecule has 0 saturated carbocycles. The van der Waals surface area contributed by atoms with Crippen LogP contribution in [-0.2, 0) is 13.0 Å². The normalized spacial score (nSPS) is 10.9. The van der Waals surface area contributed by atoms with E-state index in [4.69, 9.17) is 17.3 Å². The summed E-state index contributed by atoms with van der Waals surface area (Å²) in [6.45, 7) is 4.97. The van der Waals surface area contributed by atoms with Gasteiger partial charge in [-0.05, 0) is 25.8 Å². The standard InChI is InChI=1S/C19H22ClN7O/c1-3-4-9-26-10-5-6-13(19(26)28)7-8-23-17-14(11-21)16(22)27-18(24-17)15(20)12(2)25-27/h5-6,10H,3-4,7-9,22H2,1-2H3,(H,23,24). The number of anilines is 2. The molecule has 3 heterocycles. The number of nitrogens with zero attached hydrogens (tertiary/aromatic N) is 5. The van der Waals surface area contributed by atoms with Gasteiger partial charge in [-0.25, -0.2) is 4.98 Å². The molecule has 0 bridgehead atoms. The minimum absolute atomic E-state index is 0.00985. The first kappa shape index (κ1) is 19.7. The van der Waals surface area contributed by atoms with Crippen molar-refractivity contribution in [1.29, 1.82) is 5.26 Å². The molecule has 3 aromatic rings. The summed E-state index contributed by atoms with van der Waals surface area (Å²) in [6, 6.07) is 5.76. The third-order valence-corrected chi connectivity index (χ3v) is 5.00. The molecule has 0 radical (unpaired) electrons. The molecule has 3 N–H and O–H groups in total. The summed E-state index contributed by atoms with van der Waals surface area (Å²) in [5.41, 5.74) is 7.95. The van der Waals surface area contributed by atoms with Crippen LogP contribution in [0.15, 0.2) is 23.1 Å². The maximum Gasteiger partial charge on any atom is 0.253 e. The summed E-state index contributed by atoms with van der Waals surface area (Å²) in [4.78, 5) is 16.9. The molecular formula is C19H22ClN7O. The van der Waals surface area contributed by atoms with E-state index in [2.05, 4.69) is 28.4 Å². The van der Waals surface area contributed by atoms with Crippen molar-refractivity contribution in [2.45, 2.75) is 39.7 Å². The number of aromatic nitrogens is 4. The van der Waals surface area contributed by atoms with Crippen LogP contribution in [0.4, 0.5) is 11.6 Å². The zero-order valence-corrected chi connectivity index (χ0v) is 16.6. The fraction of sp³-hybridized carbons (Fsp3) is 0.368. The highest BCUT2D eigenvalue weighted by atomic mass is 35.5. The minimum Gasteiger partial charge on any atom is -0.382 e. The van der Waals surface area contributed by atoms with Gasteiger partial charge in [0.05, 0.1) is 5.69 Å². The molecule has 0 amide bonds. The van der Waals surface area contributed by atoms with Crippen LogP contribution in [0, 0.1) is 18.3 Å². The second-order valence-corrected chi connectivity index (χ2v) is 6.91. The van der Waals surface area contributed by atoms with E-state index in [0.717, 1.165) is 12.8 Å². The van der Waals surface area contributed by atoms with Crippen LogP contribution in [0.1, 0.15) is 36.6 Å². The largest absolute Gasteiger partial charge is 0.382 e. The highest BCUT2D eigenvalue weighted by molar-refractivity contribution is 6.34. The smallest absolute Gasteiger partial charge is 0.253 e. The van der Waals surface area contributed by atoms with E-state index in [0.29, 0.717) is 47.3 Å². The zero-order valence-electron chi connectivity index (χ0n) is 15.9. The number of nitrogens with one attached hydrogen (secondary N) is 1. The van der Waals surface area contributed by atoms with Crippen LogP contribution >= 0.6 is 11.6 Å². The summed E-state index contributed by atoms with van der Waals surface area (Å²) in [6.07, 6.45) is 4.29. The van der Waals surface area contributed by atoms with E-state index >= 15 is 0 Å². The minimum atomic E-state index is 0.00985. The third-order valence-electron chi connectivity index (χ3n) is 4.55. The Morgan fingerprint density at radius 3 is 2.93 bits per heavy atom. The third kappa shape index (κ3) is 3.66. The van der Waals surface area contributed by atoms with E-state index in [1.54, 1.807) is 11.5 Å². The number of nitriles is 1. The topological polar surface area (TPSA) is 114 Å². The molecule has 3 rings (SSSR count). The van der Waals surface area contributed by atoms with Crippen LogP contribution in [0.3, 0.4) is 0 Å². The van der Waals surface area contributed by atoms with Crippen molar-refractivity contribution in [3.05, 3.63) is 50.5 Å². The summed E-state index contributed by atoms with van der Waals surface area (Å²) in [7, 11) is 0. The van der Waals surface area contributed by atoms with Crippen molar-refractivity contribution in [2.24, 2.45) is 0 Å². The quantitative estimate of drug-likeness (QED) is 0.631. The first-order valence-electron chi connectivity index (χ1n) is 9.14. The van der Waals surface area contributed by atoms with Crippen molar-refractivity contribution < 1.29 is 0 Å². The Labute approximate surface area is 167 Å². The van der Waals surface area contributed by atoms with Gasteiger partial charge in [-0.1, -0.05) is 31.0 Å². The number of halogens is 1. The lowest BCUT2D eigenvalue weighted by molar-refractivity contribution is 0.608. The Morgan fingerprint density at radius 1 is 1.43 bits per heavy atom. The van der Waals surface area contributed by atoms with Crippen LogP contribution in [0.25, 0.3) is 5.65 Å². The molecule has 0 aliphatic heterocycles. The molecule has 0 aliphatic rings. The Kier molecular flexibility index (Phi) is 5.85. The molecule has 9 heteroatoms. The molecule has 146 valence electrons. The van der Waals surface area contributed by atoms with Gasteiger partial charge in [-0.2, -0.15) is 14.9 Å². The molecule has 0 saturated heterocycles. The number of nitrogens with two attached hydrogens (primary N) is 1. The van der Waals surface area contributed by atoms with Gasteiger partial charge in [0.1, 0.15) is 28.3 Å². The van der Waals surface area contributed by atoms with Crippen LogP contribution in [-0.4, -0.2) is 25.7 Å². The van der Waals surface area contributed by atoms with Gasteiger partial charge in [-0.3, -0.25) is 4.79 Å². The Hall–Kier alpha value is -3.05. The molecule has 0 aliphatic carbocycles. The average molecular weight is 400 g/mol. The van der Waals surface area contributed by atoms with Gasteiger partial charge >= 0.3 is 0 Å². The molecule has 28 heavy (non-hydrogen) atoms. The summed E-state index contributed by atoms with van der Waals surface area (Å²) in [5.74, 6) is 0.503. The monoisotopic (exact) mass is 399 g/mol. The zero-order chi connectivity index (χ0) is 20.3. The first-order valence-corrected chi connectivity index (χ1v) is 9.52. The molecule has 0 aromatic carbocycles. The van der Waals surface area contributed by atoms with E-state index in [9.17, 15) is 10.1 Å². The van der Waals surface area contributed by atoms with E-state index in [1.165, 1.54) is 4.52 Å². The highest BCUT2D eigenvalue weighted by Crippen LogP contribution is 2.27. The van der Waals surface area contributed by atoms with Gasteiger partial charge in [-0.15, -0.1) is 0 Å². The van der Waals surface area contributed by atoms with Crippen molar-refractivity contribution >= 4 is 28.9 Å². The number of hydrogen-bond donors (Lipinski definition) is 2. The van der Waals surface area contributed by atoms with Gasteiger partial charge in [0, 0.05) is 24.8 Å². The maximum atomic E-state index is 12.5. The number of nitrogen functional groups attached to an aromatic ring is 1. The maximum absolute atomic E-state index is 12.5. The molecule has 0 unspecified atom stereocenters. The lowest BCUT2D eigenvalue weighted by Gasteiger charge is -2.11. The number of fused-ring (bicyclic) bond motifs is 1. The molecular weight excluding hydrogens is 378 g/mol. The lowest BCUT2D eigenvalue weighted by Crippen LogP contribution is -2.24. The van der Waals surface area contributed by atoms with Gasteiger partial charge in [0.2, 0.25) is 0 Å². The SMILES string of the molecule is CCCCn1cccc(CCNc2nc3c(Cl)c(C)nn3c(N)c2C#N)c1=O. The fourth-order valence-corrected chi connectivity index (χ4v) is 3.14. The van der Waals surface area contributed by atoms with Crippen molar-refractivity contribution in [1.82, 2.24) is 19.2 Å². The number of unbranched alkanes of at least 4 members (excludes halogenated alkanes) is 1. The molecule has 8 nitrogen and oxygen atoms in total. The molecule has 0 atom stereocenters. The Bertz CT molecular complexity index is 1110. The van der Waals surface area contributed by atoms with E-state index in [-0.39, 0.29) is 16.9 Å².